The Labute approximate surface area is 119 Å². The van der Waals surface area contributed by atoms with Gasteiger partial charge in [-0.15, -0.1) is 0 Å². The first-order chi connectivity index (χ1) is 10.1. The summed E-state index contributed by atoms with van der Waals surface area (Å²) >= 11 is 0. The van der Waals surface area contributed by atoms with E-state index in [2.05, 4.69) is 0 Å². The van der Waals surface area contributed by atoms with E-state index >= 15 is 0 Å². The second-order valence-corrected chi connectivity index (χ2v) is 5.63. The minimum absolute atomic E-state index is 0.0681. The highest BCUT2D eigenvalue weighted by molar-refractivity contribution is 6.22. The molecule has 7 nitrogen and oxygen atoms in total. The molecule has 4 atom stereocenters. The quantitative estimate of drug-likeness (QED) is 0.464. The first kappa shape index (κ1) is 12.5. The maximum absolute atomic E-state index is 12.5. The molecule has 0 spiro atoms. The van der Waals surface area contributed by atoms with E-state index in [1.54, 1.807) is 0 Å². The largest absolute Gasteiger partial charge is 0.373 e. The third-order valence-electron chi connectivity index (χ3n) is 4.60. The number of carbonyl (C=O) groups is 2. The van der Waals surface area contributed by atoms with E-state index in [1.165, 1.54) is 24.3 Å². The van der Waals surface area contributed by atoms with Crippen molar-refractivity contribution in [3.05, 3.63) is 34.4 Å². The van der Waals surface area contributed by atoms with Gasteiger partial charge in [-0.2, -0.15) is 0 Å². The molecule has 3 saturated heterocycles. The van der Waals surface area contributed by atoms with Crippen molar-refractivity contribution in [2.45, 2.75) is 25.0 Å². The molecule has 0 radical (unpaired) electrons. The predicted molar refractivity (Wildman–Crippen MR) is 70.5 cm³/mol. The number of nitrogens with zero attached hydrogens (tertiary/aromatic N) is 2. The van der Waals surface area contributed by atoms with Gasteiger partial charge in [-0.3, -0.25) is 19.7 Å². The molecule has 0 aliphatic carbocycles. The van der Waals surface area contributed by atoms with Crippen LogP contribution in [-0.2, 0) is 14.3 Å². The lowest BCUT2D eigenvalue weighted by molar-refractivity contribution is -0.384. The molecule has 3 aliphatic heterocycles. The third-order valence-corrected chi connectivity index (χ3v) is 4.60. The number of amides is 2. The summed E-state index contributed by atoms with van der Waals surface area (Å²) in [5.41, 5.74) is 0.325. The fourth-order valence-electron chi connectivity index (χ4n) is 3.69. The molecule has 21 heavy (non-hydrogen) atoms. The van der Waals surface area contributed by atoms with Crippen LogP contribution in [0.15, 0.2) is 24.3 Å². The first-order valence-electron chi connectivity index (χ1n) is 6.85. The van der Waals surface area contributed by atoms with Gasteiger partial charge in [0.1, 0.15) is 0 Å². The van der Waals surface area contributed by atoms with Crippen molar-refractivity contribution in [1.29, 1.82) is 0 Å². The number of nitro benzene ring substituents is 1. The molecule has 2 amide bonds. The zero-order valence-electron chi connectivity index (χ0n) is 11.0. The van der Waals surface area contributed by atoms with Crippen molar-refractivity contribution in [1.82, 2.24) is 0 Å². The number of benzene rings is 1. The second kappa shape index (κ2) is 4.11. The molecule has 108 valence electrons. The molecule has 3 aliphatic rings. The van der Waals surface area contributed by atoms with Crippen LogP contribution >= 0.6 is 0 Å². The lowest BCUT2D eigenvalue weighted by Crippen LogP contribution is -2.34. The Bertz CT molecular complexity index is 628. The van der Waals surface area contributed by atoms with Crippen molar-refractivity contribution >= 4 is 23.2 Å². The van der Waals surface area contributed by atoms with E-state index < -0.39 is 4.92 Å². The number of rotatable bonds is 2. The molecule has 2 bridgehead atoms. The highest BCUT2D eigenvalue weighted by atomic mass is 16.6. The average molecular weight is 288 g/mol. The minimum atomic E-state index is -0.514. The Balaban J connectivity index is 1.68. The van der Waals surface area contributed by atoms with Crippen molar-refractivity contribution in [2.24, 2.45) is 11.8 Å². The lowest BCUT2D eigenvalue weighted by Gasteiger charge is -2.17. The predicted octanol–water partition coefficient (Wildman–Crippen LogP) is 1.26. The number of hydrogen-bond donors (Lipinski definition) is 0. The van der Waals surface area contributed by atoms with Crippen LogP contribution in [0.1, 0.15) is 12.8 Å². The number of imide groups is 1. The van der Waals surface area contributed by atoms with Crippen LogP contribution in [0, 0.1) is 22.0 Å². The van der Waals surface area contributed by atoms with Gasteiger partial charge in [-0.05, 0) is 25.0 Å². The zero-order chi connectivity index (χ0) is 14.7. The van der Waals surface area contributed by atoms with Crippen LogP contribution < -0.4 is 4.90 Å². The summed E-state index contributed by atoms with van der Waals surface area (Å²) in [6.07, 6.45) is 1.33. The Kier molecular flexibility index (Phi) is 2.44. The molecular formula is C14H12N2O5. The fraction of sp³-hybridized carbons (Fsp3) is 0.429. The van der Waals surface area contributed by atoms with Gasteiger partial charge in [0.2, 0.25) is 11.8 Å². The van der Waals surface area contributed by atoms with Gasteiger partial charge in [0, 0.05) is 12.1 Å². The summed E-state index contributed by atoms with van der Waals surface area (Å²) in [4.78, 5) is 36.3. The maximum Gasteiger partial charge on any atom is 0.269 e. The van der Waals surface area contributed by atoms with Crippen LogP contribution in [-0.4, -0.2) is 28.9 Å². The zero-order valence-corrected chi connectivity index (χ0v) is 11.0. The van der Waals surface area contributed by atoms with Crippen LogP contribution in [0.4, 0.5) is 11.4 Å². The molecule has 0 N–H and O–H groups in total. The van der Waals surface area contributed by atoms with Crippen molar-refractivity contribution in [3.63, 3.8) is 0 Å². The van der Waals surface area contributed by atoms with E-state index in [0.717, 1.165) is 17.7 Å². The highest BCUT2D eigenvalue weighted by Gasteiger charge is 2.62. The lowest BCUT2D eigenvalue weighted by atomic mass is 9.81. The standard InChI is InChI=1S/C14H12N2O5/c17-13-11-9-5-6-10(21-9)12(11)14(18)15(13)7-1-3-8(4-2-7)16(19)20/h1-4,9-12H,5-6H2/t9-,10+,11+,12-. The number of nitro groups is 1. The summed E-state index contributed by atoms with van der Waals surface area (Å²) in [5.74, 6) is -1.25. The molecule has 0 aromatic heterocycles. The van der Waals surface area contributed by atoms with Crippen LogP contribution in [0.2, 0.25) is 0 Å². The van der Waals surface area contributed by atoms with Gasteiger partial charge in [0.15, 0.2) is 0 Å². The first-order valence-corrected chi connectivity index (χ1v) is 6.85. The SMILES string of the molecule is O=C1[C@@H]2[C@H](C(=O)N1c1ccc([N+](=O)[O-])cc1)[C@@H]1CC[C@H]2O1. The van der Waals surface area contributed by atoms with Crippen LogP contribution in [0.5, 0.6) is 0 Å². The van der Waals surface area contributed by atoms with Crippen LogP contribution in [0.3, 0.4) is 0 Å². The van der Waals surface area contributed by atoms with Gasteiger partial charge < -0.3 is 4.74 Å². The summed E-state index contributed by atoms with van der Waals surface area (Å²) in [5, 5.41) is 10.7. The summed E-state index contributed by atoms with van der Waals surface area (Å²) in [6.45, 7) is 0. The van der Waals surface area contributed by atoms with Gasteiger partial charge in [-0.25, -0.2) is 4.90 Å². The topological polar surface area (TPSA) is 89.8 Å². The fourth-order valence-corrected chi connectivity index (χ4v) is 3.69. The summed E-state index contributed by atoms with van der Waals surface area (Å²) in [7, 11) is 0. The van der Waals surface area contributed by atoms with E-state index in [9.17, 15) is 19.7 Å². The molecule has 0 saturated carbocycles. The van der Waals surface area contributed by atoms with Gasteiger partial charge in [0.25, 0.3) is 5.69 Å². The molecule has 4 rings (SSSR count). The van der Waals surface area contributed by atoms with Gasteiger partial charge in [0.05, 0.1) is 34.7 Å². The number of non-ortho nitro benzene ring substituents is 1. The minimum Gasteiger partial charge on any atom is -0.373 e. The number of anilines is 1. The normalized spacial score (nSPS) is 33.6. The average Bonchev–Trinajstić information content (AvgIpc) is 3.13. The third kappa shape index (κ3) is 1.58. The van der Waals surface area contributed by atoms with E-state index in [4.69, 9.17) is 4.74 Å². The highest BCUT2D eigenvalue weighted by Crippen LogP contribution is 2.49. The number of hydrogen-bond acceptors (Lipinski definition) is 5. The number of fused-ring (bicyclic) bond motifs is 5. The molecular weight excluding hydrogens is 276 g/mol. The van der Waals surface area contributed by atoms with Crippen LogP contribution in [0.25, 0.3) is 0 Å². The van der Waals surface area contributed by atoms with Crippen molar-refractivity contribution < 1.29 is 19.2 Å². The number of ether oxygens (including phenoxy) is 1. The monoisotopic (exact) mass is 288 g/mol. The Morgan fingerprint density at radius 1 is 1.05 bits per heavy atom. The van der Waals surface area contributed by atoms with Gasteiger partial charge in [-0.1, -0.05) is 0 Å². The molecule has 7 heteroatoms. The molecule has 1 aromatic carbocycles. The van der Waals surface area contributed by atoms with E-state index in [1.807, 2.05) is 0 Å². The number of carbonyl (C=O) groups excluding carboxylic acids is 2. The second-order valence-electron chi connectivity index (χ2n) is 5.63. The van der Waals surface area contributed by atoms with Crippen molar-refractivity contribution in [3.8, 4) is 0 Å². The van der Waals surface area contributed by atoms with Crippen molar-refractivity contribution in [2.75, 3.05) is 4.90 Å². The molecule has 3 fully saturated rings. The molecule has 0 unspecified atom stereocenters. The van der Waals surface area contributed by atoms with E-state index in [0.29, 0.717) is 5.69 Å². The molecule has 1 aromatic rings. The van der Waals surface area contributed by atoms with E-state index in [-0.39, 0.29) is 41.5 Å². The Morgan fingerprint density at radius 2 is 1.57 bits per heavy atom. The Morgan fingerprint density at radius 3 is 2.05 bits per heavy atom. The smallest absolute Gasteiger partial charge is 0.269 e. The van der Waals surface area contributed by atoms with Gasteiger partial charge >= 0.3 is 0 Å². The maximum atomic E-state index is 12.5. The summed E-state index contributed by atoms with van der Waals surface area (Å²) in [6, 6.07) is 5.49. The summed E-state index contributed by atoms with van der Waals surface area (Å²) < 4.78 is 5.66. The Hall–Kier alpha value is -2.28. The molecule has 3 heterocycles.